The highest BCUT2D eigenvalue weighted by Gasteiger charge is 2.23. The molecule has 5 rings (SSSR count). The van der Waals surface area contributed by atoms with Crippen LogP contribution in [0.2, 0.25) is 0 Å². The topological polar surface area (TPSA) is 33.1 Å². The molecule has 0 atom stereocenters. The number of para-hydroxylation sites is 1. The smallest absolute Gasteiger partial charge is 0.120 e. The van der Waals surface area contributed by atoms with Gasteiger partial charge in [0.1, 0.15) is 5.75 Å². The molecule has 1 heterocycles. The Kier molecular flexibility index (Phi) is 4.25. The van der Waals surface area contributed by atoms with Crippen LogP contribution >= 0.6 is 0 Å². The highest BCUT2D eigenvalue weighted by atomic mass is 16.3. The zero-order chi connectivity index (χ0) is 19.8. The summed E-state index contributed by atoms with van der Waals surface area (Å²) in [5, 5.41) is 13.0. The lowest BCUT2D eigenvalue weighted by Gasteiger charge is -2.23. The largest absolute Gasteiger partial charge is 0.508 e. The molecule has 0 spiro atoms. The Bertz CT molecular complexity index is 1270. The monoisotopic (exact) mass is 375 g/mol. The normalized spacial score (nSPS) is 11.4. The third-order valence-electron chi connectivity index (χ3n) is 5.66. The van der Waals surface area contributed by atoms with Gasteiger partial charge in [-0.15, -0.1) is 0 Å². The van der Waals surface area contributed by atoms with Gasteiger partial charge >= 0.3 is 0 Å². The van der Waals surface area contributed by atoms with Crippen molar-refractivity contribution in [3.8, 4) is 5.75 Å². The van der Waals surface area contributed by atoms with Crippen molar-refractivity contribution in [3.63, 3.8) is 0 Å². The third kappa shape index (κ3) is 3.03. The summed E-state index contributed by atoms with van der Waals surface area (Å²) in [4.78, 5) is 4.85. The molecule has 0 fully saturated rings. The minimum atomic E-state index is 0.00922. The van der Waals surface area contributed by atoms with Crippen LogP contribution in [0.25, 0.3) is 21.8 Å². The predicted molar refractivity (Wildman–Crippen MR) is 119 cm³/mol. The average molecular weight is 375 g/mol. The van der Waals surface area contributed by atoms with E-state index in [1.165, 1.54) is 11.1 Å². The van der Waals surface area contributed by atoms with E-state index in [0.29, 0.717) is 0 Å². The molecule has 0 saturated heterocycles. The first-order chi connectivity index (χ1) is 14.2. The molecule has 0 aliphatic heterocycles. The van der Waals surface area contributed by atoms with E-state index < -0.39 is 0 Å². The van der Waals surface area contributed by atoms with Gasteiger partial charge in [-0.2, -0.15) is 0 Å². The molecule has 29 heavy (non-hydrogen) atoms. The van der Waals surface area contributed by atoms with Gasteiger partial charge in [0.05, 0.1) is 11.0 Å². The van der Waals surface area contributed by atoms with Crippen molar-refractivity contribution in [2.45, 2.75) is 12.8 Å². The van der Waals surface area contributed by atoms with Crippen molar-refractivity contribution in [2.75, 3.05) is 0 Å². The molecular formula is C27H21NO. The van der Waals surface area contributed by atoms with Crippen LogP contribution in [0.15, 0.2) is 97.1 Å². The average Bonchev–Trinajstić information content (AvgIpc) is 2.77. The van der Waals surface area contributed by atoms with Crippen LogP contribution in [0.1, 0.15) is 28.2 Å². The van der Waals surface area contributed by atoms with E-state index >= 15 is 0 Å². The fourth-order valence-electron chi connectivity index (χ4n) is 4.22. The van der Waals surface area contributed by atoms with Crippen molar-refractivity contribution < 1.29 is 5.11 Å². The number of phenolic OH excluding ortho intramolecular Hbond substituents is 1. The van der Waals surface area contributed by atoms with Crippen LogP contribution in [0.3, 0.4) is 0 Å². The molecule has 0 radical (unpaired) electrons. The minimum Gasteiger partial charge on any atom is -0.508 e. The Hall–Kier alpha value is -3.65. The Balaban J connectivity index is 1.89. The summed E-state index contributed by atoms with van der Waals surface area (Å²) in [6.07, 6.45) is 0. The summed E-state index contributed by atoms with van der Waals surface area (Å²) in [7, 11) is 0. The Morgan fingerprint density at radius 1 is 0.690 bits per heavy atom. The molecular weight excluding hydrogens is 354 g/mol. The van der Waals surface area contributed by atoms with Gasteiger partial charge in [-0.3, -0.25) is 0 Å². The SMILES string of the molecule is Cc1c(O)cc2nc3ccccc3cc2c1C(c1ccccc1)c1ccccc1. The van der Waals surface area contributed by atoms with Crippen molar-refractivity contribution in [2.24, 2.45) is 0 Å². The Morgan fingerprint density at radius 3 is 1.93 bits per heavy atom. The number of benzene rings is 4. The molecule has 5 aromatic rings. The second kappa shape index (κ2) is 7.06. The van der Waals surface area contributed by atoms with Crippen molar-refractivity contribution in [1.29, 1.82) is 0 Å². The molecule has 0 unspecified atom stereocenters. The molecule has 2 heteroatoms. The van der Waals surface area contributed by atoms with Gasteiger partial charge in [0.25, 0.3) is 0 Å². The number of aromatic hydroxyl groups is 1. The molecule has 2 nitrogen and oxygen atoms in total. The molecule has 140 valence electrons. The number of aromatic nitrogens is 1. The second-order valence-corrected chi connectivity index (χ2v) is 7.44. The molecule has 1 aromatic heterocycles. The van der Waals surface area contributed by atoms with Gasteiger partial charge in [0, 0.05) is 22.8 Å². The van der Waals surface area contributed by atoms with E-state index in [-0.39, 0.29) is 11.7 Å². The van der Waals surface area contributed by atoms with Gasteiger partial charge in [0.15, 0.2) is 0 Å². The zero-order valence-electron chi connectivity index (χ0n) is 16.2. The number of hydrogen-bond acceptors (Lipinski definition) is 2. The van der Waals surface area contributed by atoms with E-state index in [4.69, 9.17) is 4.98 Å². The van der Waals surface area contributed by atoms with Gasteiger partial charge in [0.2, 0.25) is 0 Å². The summed E-state index contributed by atoms with van der Waals surface area (Å²) < 4.78 is 0. The highest BCUT2D eigenvalue weighted by molar-refractivity contribution is 5.96. The number of phenols is 1. The van der Waals surface area contributed by atoms with Gasteiger partial charge in [-0.25, -0.2) is 4.98 Å². The lowest BCUT2D eigenvalue weighted by Crippen LogP contribution is -2.07. The molecule has 1 N–H and O–H groups in total. The maximum atomic E-state index is 10.8. The number of rotatable bonds is 3. The number of pyridine rings is 1. The van der Waals surface area contributed by atoms with Gasteiger partial charge < -0.3 is 5.11 Å². The van der Waals surface area contributed by atoms with E-state index in [0.717, 1.165) is 32.9 Å². The zero-order valence-corrected chi connectivity index (χ0v) is 16.2. The van der Waals surface area contributed by atoms with Crippen LogP contribution in [0, 0.1) is 6.92 Å². The summed E-state index contributed by atoms with van der Waals surface area (Å²) in [5.74, 6) is 0.294. The highest BCUT2D eigenvalue weighted by Crippen LogP contribution is 2.41. The summed E-state index contributed by atoms with van der Waals surface area (Å²) in [6.45, 7) is 2.00. The van der Waals surface area contributed by atoms with E-state index in [2.05, 4.69) is 60.7 Å². The summed E-state index contributed by atoms with van der Waals surface area (Å²) in [5.41, 5.74) is 6.15. The molecule has 0 bridgehead atoms. The van der Waals surface area contributed by atoms with Crippen molar-refractivity contribution in [3.05, 3.63) is 119 Å². The fraction of sp³-hybridized carbons (Fsp3) is 0.0741. The van der Waals surface area contributed by atoms with Crippen LogP contribution in [-0.4, -0.2) is 10.1 Å². The van der Waals surface area contributed by atoms with Crippen LogP contribution in [0.5, 0.6) is 5.75 Å². The van der Waals surface area contributed by atoms with E-state index in [1.807, 2.05) is 37.3 Å². The van der Waals surface area contributed by atoms with E-state index in [9.17, 15) is 5.11 Å². The fourth-order valence-corrected chi connectivity index (χ4v) is 4.22. The standard InChI is InChI=1S/C27H21NO/c1-18-25(29)17-24-22(16-21-14-8-9-15-23(21)28-24)26(18)27(19-10-4-2-5-11-19)20-12-6-3-7-13-20/h2-17,27,29H,1H3. The van der Waals surface area contributed by atoms with Gasteiger partial charge in [-0.05, 0) is 41.3 Å². The maximum Gasteiger partial charge on any atom is 0.120 e. The Morgan fingerprint density at radius 2 is 1.28 bits per heavy atom. The molecule has 0 amide bonds. The van der Waals surface area contributed by atoms with Gasteiger partial charge in [-0.1, -0.05) is 78.9 Å². The first kappa shape index (κ1) is 17.4. The third-order valence-corrected chi connectivity index (χ3v) is 5.66. The van der Waals surface area contributed by atoms with E-state index in [1.54, 1.807) is 6.07 Å². The number of fused-ring (bicyclic) bond motifs is 2. The van der Waals surface area contributed by atoms with Crippen molar-refractivity contribution in [1.82, 2.24) is 4.98 Å². The Labute approximate surface area is 170 Å². The second-order valence-electron chi connectivity index (χ2n) is 7.44. The predicted octanol–water partition coefficient (Wildman–Crippen LogP) is 6.58. The maximum absolute atomic E-state index is 10.8. The molecule has 0 aliphatic carbocycles. The molecule has 4 aromatic carbocycles. The summed E-state index contributed by atoms with van der Waals surface area (Å²) in [6, 6.07) is 33.1. The summed E-state index contributed by atoms with van der Waals surface area (Å²) >= 11 is 0. The lowest BCUT2D eigenvalue weighted by molar-refractivity contribution is 0.471. The van der Waals surface area contributed by atoms with Crippen molar-refractivity contribution >= 4 is 21.8 Å². The molecule has 0 aliphatic rings. The van der Waals surface area contributed by atoms with Crippen LogP contribution < -0.4 is 0 Å². The quantitative estimate of drug-likeness (QED) is 0.285. The lowest BCUT2D eigenvalue weighted by atomic mass is 9.81. The number of hydrogen-bond donors (Lipinski definition) is 1. The first-order valence-corrected chi connectivity index (χ1v) is 9.84. The number of nitrogens with zero attached hydrogens (tertiary/aromatic N) is 1. The van der Waals surface area contributed by atoms with Crippen LogP contribution in [0.4, 0.5) is 0 Å². The first-order valence-electron chi connectivity index (χ1n) is 9.84. The van der Waals surface area contributed by atoms with Crippen LogP contribution in [-0.2, 0) is 0 Å². The molecule has 0 saturated carbocycles. The minimum absolute atomic E-state index is 0.00922.